The van der Waals surface area contributed by atoms with Crippen molar-refractivity contribution >= 4 is 28.3 Å². The van der Waals surface area contributed by atoms with Crippen LogP contribution in [0.4, 0.5) is 5.13 Å². The monoisotopic (exact) mass is 466 g/mol. The number of hydrogen-bond donors (Lipinski definition) is 1. The van der Waals surface area contributed by atoms with Crippen molar-refractivity contribution < 1.29 is 9.59 Å². The Bertz CT molecular complexity index is 1050. The molecule has 1 N–H and O–H groups in total. The van der Waals surface area contributed by atoms with E-state index < -0.39 is 0 Å². The van der Waals surface area contributed by atoms with Gasteiger partial charge in [-0.1, -0.05) is 48.6 Å². The largest absolute Gasteiger partial charge is 0.362 e. The molecular formula is C26H34N4O2S. The van der Waals surface area contributed by atoms with Crippen LogP contribution in [0.25, 0.3) is 0 Å². The Morgan fingerprint density at radius 1 is 1.18 bits per heavy atom. The van der Waals surface area contributed by atoms with Crippen molar-refractivity contribution in [3.05, 3.63) is 46.5 Å². The zero-order chi connectivity index (χ0) is 23.3. The molecule has 2 aliphatic heterocycles. The summed E-state index contributed by atoms with van der Waals surface area (Å²) in [4.78, 5) is 36.8. The van der Waals surface area contributed by atoms with Gasteiger partial charge in [-0.3, -0.25) is 9.59 Å². The first-order chi connectivity index (χ1) is 15.8. The molecule has 0 spiro atoms. The number of benzene rings is 1. The second-order valence-electron chi connectivity index (χ2n) is 10.1. The van der Waals surface area contributed by atoms with Gasteiger partial charge in [0.25, 0.3) is 5.91 Å². The molecule has 33 heavy (non-hydrogen) atoms. The molecule has 7 heteroatoms. The summed E-state index contributed by atoms with van der Waals surface area (Å²) in [5, 5.41) is 4.07. The quantitative estimate of drug-likeness (QED) is 0.705. The molecule has 2 amide bonds. The van der Waals surface area contributed by atoms with Crippen molar-refractivity contribution in [2.45, 2.75) is 84.0 Å². The smallest absolute Gasteiger partial charge is 0.266 e. The summed E-state index contributed by atoms with van der Waals surface area (Å²) in [7, 11) is 0. The number of nitrogens with zero attached hydrogens (tertiary/aromatic N) is 3. The van der Waals surface area contributed by atoms with Crippen LogP contribution in [0.5, 0.6) is 0 Å². The highest BCUT2D eigenvalue weighted by atomic mass is 32.1. The predicted molar refractivity (Wildman–Crippen MR) is 132 cm³/mol. The van der Waals surface area contributed by atoms with Gasteiger partial charge in [0.05, 0.1) is 17.8 Å². The van der Waals surface area contributed by atoms with E-state index in [-0.39, 0.29) is 41.4 Å². The van der Waals surface area contributed by atoms with E-state index in [0.717, 1.165) is 54.4 Å². The van der Waals surface area contributed by atoms with Gasteiger partial charge in [-0.2, -0.15) is 0 Å². The number of carbonyl (C=O) groups is 2. The summed E-state index contributed by atoms with van der Waals surface area (Å²) in [6.45, 7) is 8.77. The highest BCUT2D eigenvalue weighted by Gasteiger charge is 2.64. The van der Waals surface area contributed by atoms with Crippen molar-refractivity contribution in [1.82, 2.24) is 14.8 Å². The molecule has 5 rings (SSSR count). The minimum atomic E-state index is -0.0550. The van der Waals surface area contributed by atoms with Crippen molar-refractivity contribution in [3.63, 3.8) is 0 Å². The first-order valence-electron chi connectivity index (χ1n) is 12.2. The normalized spacial score (nSPS) is 30.4. The summed E-state index contributed by atoms with van der Waals surface area (Å²) in [6, 6.07) is 10.8. The lowest BCUT2D eigenvalue weighted by Gasteiger charge is -2.52. The fourth-order valence-corrected chi connectivity index (χ4v) is 7.84. The molecule has 3 aliphatic rings. The zero-order valence-electron chi connectivity index (χ0n) is 20.0. The Morgan fingerprint density at radius 2 is 1.88 bits per heavy atom. The van der Waals surface area contributed by atoms with Gasteiger partial charge in [0.2, 0.25) is 5.91 Å². The van der Waals surface area contributed by atoms with Crippen LogP contribution in [0.15, 0.2) is 30.3 Å². The lowest BCUT2D eigenvalue weighted by atomic mass is 9.64. The topological polar surface area (TPSA) is 65.5 Å². The fraction of sp³-hybridized carbons (Fsp3) is 0.577. The van der Waals surface area contributed by atoms with Gasteiger partial charge >= 0.3 is 0 Å². The molecule has 176 valence electrons. The van der Waals surface area contributed by atoms with Crippen LogP contribution in [-0.2, 0) is 11.2 Å². The third kappa shape index (κ3) is 3.56. The number of nitrogens with one attached hydrogen (secondary N) is 1. The Labute approximate surface area is 200 Å². The molecule has 1 saturated carbocycles. The van der Waals surface area contributed by atoms with Gasteiger partial charge in [-0.05, 0) is 51.5 Å². The van der Waals surface area contributed by atoms with E-state index >= 15 is 0 Å². The molecule has 2 bridgehead atoms. The molecule has 1 aliphatic carbocycles. The number of piperidine rings is 1. The number of aromatic nitrogens is 1. The minimum absolute atomic E-state index is 0.0333. The molecule has 0 unspecified atom stereocenters. The molecule has 5 atom stereocenters. The second-order valence-corrected chi connectivity index (χ2v) is 11.1. The number of amides is 2. The average molecular weight is 467 g/mol. The lowest BCUT2D eigenvalue weighted by Crippen LogP contribution is -2.62. The molecule has 3 fully saturated rings. The number of thiazole rings is 1. The predicted octanol–water partition coefficient (Wildman–Crippen LogP) is 4.50. The number of fused-ring (bicyclic) bond motifs is 1. The summed E-state index contributed by atoms with van der Waals surface area (Å²) in [5.41, 5.74) is 1.95. The number of carbonyl (C=O) groups excluding carboxylic acids is 2. The van der Waals surface area contributed by atoms with E-state index in [1.807, 2.05) is 19.9 Å². The van der Waals surface area contributed by atoms with E-state index in [2.05, 4.69) is 51.3 Å². The van der Waals surface area contributed by atoms with Gasteiger partial charge in [0.1, 0.15) is 4.88 Å². The molecule has 1 aromatic carbocycles. The molecule has 2 saturated heterocycles. The number of aryl methyl sites for hydroxylation is 1. The van der Waals surface area contributed by atoms with Crippen LogP contribution in [0, 0.1) is 12.3 Å². The maximum atomic E-state index is 14.2. The fourth-order valence-electron chi connectivity index (χ4n) is 6.86. The lowest BCUT2D eigenvalue weighted by molar-refractivity contribution is -0.133. The van der Waals surface area contributed by atoms with Crippen molar-refractivity contribution in [2.24, 2.45) is 5.41 Å². The zero-order valence-corrected chi connectivity index (χ0v) is 20.8. The van der Waals surface area contributed by atoms with E-state index in [9.17, 15) is 9.59 Å². The number of anilines is 1. The van der Waals surface area contributed by atoms with Crippen molar-refractivity contribution in [3.8, 4) is 0 Å². The van der Waals surface area contributed by atoms with Gasteiger partial charge in [0, 0.05) is 31.0 Å². The Morgan fingerprint density at radius 3 is 2.55 bits per heavy atom. The van der Waals surface area contributed by atoms with Crippen LogP contribution in [0.1, 0.15) is 67.4 Å². The Hall–Kier alpha value is -2.41. The third-order valence-corrected chi connectivity index (χ3v) is 9.26. The van der Waals surface area contributed by atoms with Crippen LogP contribution in [0.2, 0.25) is 0 Å². The second kappa shape index (κ2) is 8.42. The maximum Gasteiger partial charge on any atom is 0.266 e. The van der Waals surface area contributed by atoms with Crippen molar-refractivity contribution in [2.75, 3.05) is 11.9 Å². The number of likely N-dealkylation sites (tertiary alicyclic amines) is 2. The Kier molecular flexibility index (Phi) is 5.71. The van der Waals surface area contributed by atoms with Gasteiger partial charge in [0.15, 0.2) is 5.13 Å². The number of rotatable bonds is 5. The highest BCUT2D eigenvalue weighted by molar-refractivity contribution is 7.17. The minimum Gasteiger partial charge on any atom is -0.362 e. The first-order valence-corrected chi connectivity index (χ1v) is 13.0. The van der Waals surface area contributed by atoms with E-state index in [1.165, 1.54) is 16.9 Å². The highest BCUT2D eigenvalue weighted by Crippen LogP contribution is 2.57. The molecule has 3 heterocycles. The van der Waals surface area contributed by atoms with E-state index in [0.29, 0.717) is 0 Å². The average Bonchev–Trinajstić information content (AvgIpc) is 3.30. The van der Waals surface area contributed by atoms with Crippen LogP contribution in [0.3, 0.4) is 0 Å². The van der Waals surface area contributed by atoms with Gasteiger partial charge in [-0.15, -0.1) is 0 Å². The molecular weight excluding hydrogens is 432 g/mol. The van der Waals surface area contributed by atoms with Crippen LogP contribution in [-0.4, -0.2) is 57.3 Å². The summed E-state index contributed by atoms with van der Waals surface area (Å²) < 4.78 is 0. The van der Waals surface area contributed by atoms with Crippen molar-refractivity contribution in [1.29, 1.82) is 0 Å². The third-order valence-electron chi connectivity index (χ3n) is 8.16. The van der Waals surface area contributed by atoms with Crippen LogP contribution < -0.4 is 5.32 Å². The molecule has 2 aromatic rings. The SMILES string of the molecule is CCNc1nc(C)c(C(=O)N2[C@@H](Cc3ccccc3)[C@@H]3C[C@@]4(C)[C@H](CCC[C@@H]24)N3C(C)=O)s1. The summed E-state index contributed by atoms with van der Waals surface area (Å²) in [5.74, 6) is 0.229. The molecule has 0 radical (unpaired) electrons. The van der Waals surface area contributed by atoms with E-state index in [4.69, 9.17) is 0 Å². The maximum absolute atomic E-state index is 14.2. The number of hydrogen-bond acceptors (Lipinski definition) is 5. The van der Waals surface area contributed by atoms with Gasteiger partial charge < -0.3 is 15.1 Å². The van der Waals surface area contributed by atoms with E-state index in [1.54, 1.807) is 6.92 Å². The van der Waals surface area contributed by atoms with Crippen LogP contribution >= 0.6 is 11.3 Å². The molecule has 1 aromatic heterocycles. The molecule has 6 nitrogen and oxygen atoms in total. The first kappa shape index (κ1) is 22.4. The van der Waals surface area contributed by atoms with Gasteiger partial charge in [-0.25, -0.2) is 4.98 Å². The summed E-state index contributed by atoms with van der Waals surface area (Å²) in [6.07, 6.45) is 4.83. The summed E-state index contributed by atoms with van der Waals surface area (Å²) >= 11 is 1.46. The Balaban J connectivity index is 1.60. The standard InChI is InChI=1S/C26H34N4O2S/c1-5-27-25-28-16(2)23(33-25)24(32)30-19(14-18-10-7-6-8-11-18)20-15-26(4)21(29(20)17(3)31)12-9-13-22(26)30/h6-8,10-11,19-22H,5,9,12-15H2,1-4H3,(H,27,28)/t19-,20-,21-,22+,26-/m0/s1.